The first-order valence-electron chi connectivity index (χ1n) is 3.60. The normalized spacial score (nSPS) is 15.0. The van der Waals surface area contributed by atoms with Crippen LogP contribution in [0.1, 0.15) is 18.7 Å². The largest absolute Gasteiger partial charge is 0.389 e. The van der Waals surface area contributed by atoms with Crippen molar-refractivity contribution in [3.8, 4) is 0 Å². The smallest absolute Gasteiger partial charge is 0.0698 e. The average molecular weight is 168 g/mol. The monoisotopic (exact) mass is 168 g/mol. The van der Waals surface area contributed by atoms with Crippen molar-refractivity contribution in [1.29, 1.82) is 0 Å². The molecule has 0 saturated carbocycles. The summed E-state index contributed by atoms with van der Waals surface area (Å²) < 4.78 is 0. The molecule has 0 fully saturated rings. The van der Waals surface area contributed by atoms with Gasteiger partial charge in [0.2, 0.25) is 0 Å². The van der Waals surface area contributed by atoms with E-state index in [2.05, 4.69) is 6.07 Å². The van der Waals surface area contributed by atoms with Gasteiger partial charge < -0.3 is 5.11 Å². The van der Waals surface area contributed by atoms with E-state index in [0.717, 1.165) is 5.57 Å². The van der Waals surface area contributed by atoms with Gasteiger partial charge in [-0.15, -0.1) is 11.3 Å². The highest BCUT2D eigenvalue weighted by molar-refractivity contribution is 7.11. The van der Waals surface area contributed by atoms with Crippen LogP contribution in [-0.2, 0) is 0 Å². The fraction of sp³-hybridized carbons (Fsp3) is 0.333. The minimum Gasteiger partial charge on any atom is -0.389 e. The zero-order chi connectivity index (χ0) is 8.27. The van der Waals surface area contributed by atoms with E-state index >= 15 is 0 Å². The quantitative estimate of drug-likeness (QED) is 0.719. The zero-order valence-corrected chi connectivity index (χ0v) is 7.56. The first kappa shape index (κ1) is 8.50. The summed E-state index contributed by atoms with van der Waals surface area (Å²) in [5.41, 5.74) is 1.15. The average Bonchev–Trinajstić information content (AvgIpc) is 2.35. The van der Waals surface area contributed by atoms with Crippen molar-refractivity contribution in [3.63, 3.8) is 0 Å². The highest BCUT2D eigenvalue weighted by Crippen LogP contribution is 2.19. The molecule has 60 valence electrons. The van der Waals surface area contributed by atoms with Crippen LogP contribution in [0.5, 0.6) is 0 Å². The molecule has 0 unspecified atom stereocenters. The Balaban J connectivity index is 2.77. The lowest BCUT2D eigenvalue weighted by molar-refractivity contribution is 0.244. The van der Waals surface area contributed by atoms with Gasteiger partial charge in [0.1, 0.15) is 0 Å². The molecule has 1 N–H and O–H groups in total. The number of aliphatic hydroxyl groups is 1. The minimum absolute atomic E-state index is 0.350. The molecular weight excluding hydrogens is 156 g/mol. The molecule has 2 heteroatoms. The number of allylic oxidation sites excluding steroid dienone is 1. The topological polar surface area (TPSA) is 20.2 Å². The maximum Gasteiger partial charge on any atom is 0.0698 e. The van der Waals surface area contributed by atoms with Gasteiger partial charge in [0, 0.05) is 4.88 Å². The molecule has 1 aromatic heterocycles. The summed E-state index contributed by atoms with van der Waals surface area (Å²) in [6.07, 6.45) is 1.50. The summed E-state index contributed by atoms with van der Waals surface area (Å²) >= 11 is 1.69. The van der Waals surface area contributed by atoms with E-state index in [9.17, 15) is 0 Å². The van der Waals surface area contributed by atoms with Gasteiger partial charge in [0.05, 0.1) is 6.10 Å². The van der Waals surface area contributed by atoms with Crippen LogP contribution in [0.2, 0.25) is 0 Å². The Morgan fingerprint density at radius 1 is 1.73 bits per heavy atom. The van der Waals surface area contributed by atoms with Crippen molar-refractivity contribution in [2.75, 3.05) is 0 Å². The molecule has 0 amide bonds. The van der Waals surface area contributed by atoms with Crippen LogP contribution in [0.25, 0.3) is 5.57 Å². The third-order valence-electron chi connectivity index (χ3n) is 1.40. The summed E-state index contributed by atoms with van der Waals surface area (Å²) in [5, 5.41) is 11.1. The Kier molecular flexibility index (Phi) is 2.85. The van der Waals surface area contributed by atoms with Crippen LogP contribution in [0.3, 0.4) is 0 Å². The molecule has 0 aliphatic rings. The van der Waals surface area contributed by atoms with Crippen LogP contribution in [0.4, 0.5) is 0 Å². The van der Waals surface area contributed by atoms with Gasteiger partial charge in [0.15, 0.2) is 0 Å². The summed E-state index contributed by atoms with van der Waals surface area (Å²) in [7, 11) is 0. The second-order valence-corrected chi connectivity index (χ2v) is 3.52. The number of thiophene rings is 1. The molecule has 1 heterocycles. The second kappa shape index (κ2) is 3.69. The van der Waals surface area contributed by atoms with Gasteiger partial charge in [-0.1, -0.05) is 12.1 Å². The van der Waals surface area contributed by atoms with Crippen LogP contribution in [0, 0.1) is 0 Å². The van der Waals surface area contributed by atoms with E-state index in [-0.39, 0.29) is 6.10 Å². The maximum absolute atomic E-state index is 9.05. The molecule has 0 aliphatic carbocycles. The minimum atomic E-state index is -0.350. The van der Waals surface area contributed by atoms with Gasteiger partial charge in [-0.25, -0.2) is 0 Å². The number of hydrogen-bond donors (Lipinski definition) is 1. The summed E-state index contributed by atoms with van der Waals surface area (Å²) in [6, 6.07) is 4.07. The maximum atomic E-state index is 9.05. The fourth-order valence-electron chi connectivity index (χ4n) is 0.947. The highest BCUT2D eigenvalue weighted by Gasteiger charge is 1.96. The first-order valence-corrected chi connectivity index (χ1v) is 4.48. The van der Waals surface area contributed by atoms with Crippen molar-refractivity contribution in [2.24, 2.45) is 0 Å². The lowest BCUT2D eigenvalue weighted by Crippen LogP contribution is -1.93. The first-order chi connectivity index (χ1) is 5.20. The van der Waals surface area contributed by atoms with Crippen LogP contribution in [-0.4, -0.2) is 11.2 Å². The Morgan fingerprint density at radius 2 is 2.45 bits per heavy atom. The molecular formula is C9H12OS. The number of hydrogen-bond acceptors (Lipinski definition) is 2. The third-order valence-corrected chi connectivity index (χ3v) is 2.41. The predicted octanol–water partition coefficient (Wildman–Crippen LogP) is 2.53. The lowest BCUT2D eigenvalue weighted by Gasteiger charge is -1.98. The van der Waals surface area contributed by atoms with E-state index in [4.69, 9.17) is 5.11 Å². The molecule has 0 bridgehead atoms. The molecule has 0 spiro atoms. The van der Waals surface area contributed by atoms with Crippen molar-refractivity contribution in [1.82, 2.24) is 0 Å². The summed E-state index contributed by atoms with van der Waals surface area (Å²) in [4.78, 5) is 1.23. The molecule has 1 nitrogen and oxygen atoms in total. The highest BCUT2D eigenvalue weighted by atomic mass is 32.1. The van der Waals surface area contributed by atoms with E-state index in [1.807, 2.05) is 24.4 Å². The fourth-order valence-corrected chi connectivity index (χ4v) is 1.66. The second-order valence-electron chi connectivity index (χ2n) is 2.57. The van der Waals surface area contributed by atoms with E-state index in [0.29, 0.717) is 0 Å². The van der Waals surface area contributed by atoms with Crippen molar-refractivity contribution < 1.29 is 5.11 Å². The Bertz CT molecular complexity index is 234. The summed E-state index contributed by atoms with van der Waals surface area (Å²) in [5.74, 6) is 0. The summed E-state index contributed by atoms with van der Waals surface area (Å²) in [6.45, 7) is 3.77. The molecule has 1 atom stereocenters. The van der Waals surface area contributed by atoms with Gasteiger partial charge >= 0.3 is 0 Å². The standard InChI is InChI=1S/C9H12OS/c1-7(6-8(2)10)9-4-3-5-11-9/h3-6,8,10H,1-2H3/b7-6+/t8-/m1/s1. The lowest BCUT2D eigenvalue weighted by atomic mass is 10.2. The molecule has 0 aromatic carbocycles. The van der Waals surface area contributed by atoms with Crippen molar-refractivity contribution >= 4 is 16.9 Å². The molecule has 11 heavy (non-hydrogen) atoms. The molecule has 0 saturated heterocycles. The van der Waals surface area contributed by atoms with Gasteiger partial charge in [0.25, 0.3) is 0 Å². The van der Waals surface area contributed by atoms with Gasteiger partial charge in [-0.2, -0.15) is 0 Å². The SMILES string of the molecule is C/C(=C\[C@@H](C)O)c1cccs1. The van der Waals surface area contributed by atoms with E-state index < -0.39 is 0 Å². The zero-order valence-electron chi connectivity index (χ0n) is 6.74. The number of aliphatic hydroxyl groups excluding tert-OH is 1. The van der Waals surface area contributed by atoms with E-state index in [1.165, 1.54) is 4.88 Å². The third kappa shape index (κ3) is 2.48. The van der Waals surface area contributed by atoms with Gasteiger partial charge in [-0.05, 0) is 30.9 Å². The predicted molar refractivity (Wildman–Crippen MR) is 49.7 cm³/mol. The molecule has 1 aromatic rings. The van der Waals surface area contributed by atoms with Gasteiger partial charge in [-0.3, -0.25) is 0 Å². The molecule has 0 aliphatic heterocycles. The number of rotatable bonds is 2. The van der Waals surface area contributed by atoms with Crippen LogP contribution < -0.4 is 0 Å². The van der Waals surface area contributed by atoms with Crippen LogP contribution in [0.15, 0.2) is 23.6 Å². The molecule has 1 rings (SSSR count). The van der Waals surface area contributed by atoms with E-state index in [1.54, 1.807) is 18.3 Å². The Morgan fingerprint density at radius 3 is 2.91 bits per heavy atom. The Hall–Kier alpha value is -0.600. The molecule has 0 radical (unpaired) electrons. The van der Waals surface area contributed by atoms with Crippen molar-refractivity contribution in [3.05, 3.63) is 28.5 Å². The van der Waals surface area contributed by atoms with Crippen LogP contribution >= 0.6 is 11.3 Å². The Labute approximate surface area is 71.0 Å². The van der Waals surface area contributed by atoms with Crippen molar-refractivity contribution in [2.45, 2.75) is 20.0 Å².